The fourth-order valence-corrected chi connectivity index (χ4v) is 2.22. The average molecular weight is 331 g/mol. The van der Waals surface area contributed by atoms with Crippen LogP contribution in [-0.4, -0.2) is 28.0 Å². The lowest BCUT2D eigenvalue weighted by molar-refractivity contribution is -0.118. The number of carbonyl (C=O) groups is 2. The van der Waals surface area contributed by atoms with Crippen molar-refractivity contribution in [2.45, 2.75) is 34.2 Å². The topological polar surface area (TPSA) is 90.3 Å². The van der Waals surface area contributed by atoms with Gasteiger partial charge in [0.1, 0.15) is 11.2 Å². The molecule has 0 bridgehead atoms. The minimum atomic E-state index is -0.664. The molecular formula is C17H21N3O4. The summed E-state index contributed by atoms with van der Waals surface area (Å²) in [6.45, 7) is 7.83. The minimum absolute atomic E-state index is 0.0414. The third-order valence-corrected chi connectivity index (χ3v) is 3.54. The van der Waals surface area contributed by atoms with Crippen LogP contribution in [0.4, 0.5) is 5.69 Å². The average Bonchev–Trinajstić information content (AvgIpc) is 2.55. The number of aromatic nitrogens is 2. The number of amides is 1. The first-order chi connectivity index (χ1) is 11.4. The van der Waals surface area contributed by atoms with Crippen molar-refractivity contribution >= 4 is 28.6 Å². The number of nitrogens with zero attached hydrogens (tertiary/aromatic N) is 2. The molecule has 0 aliphatic carbocycles. The van der Waals surface area contributed by atoms with E-state index in [2.05, 4.69) is 10.3 Å². The van der Waals surface area contributed by atoms with Crippen LogP contribution in [0.15, 0.2) is 23.3 Å². The third-order valence-electron chi connectivity index (χ3n) is 3.54. The molecule has 0 spiro atoms. The molecule has 0 saturated heterocycles. The minimum Gasteiger partial charge on any atom is -0.462 e. The van der Waals surface area contributed by atoms with E-state index in [0.717, 1.165) is 0 Å². The number of esters is 1. The monoisotopic (exact) mass is 331 g/mol. The standard InChI is InChI=1S/C17H21N3O4/c1-5-20-9-13(17(23)24-6-2)14(21)12-7-11(8-18-15(12)20)19-16(22)10(3)4/h7-10H,5-6H2,1-4H3,(H,19,22). The Hall–Kier alpha value is -2.70. The predicted molar refractivity (Wildman–Crippen MR) is 91.1 cm³/mol. The van der Waals surface area contributed by atoms with E-state index in [9.17, 15) is 14.4 Å². The number of ether oxygens (including phenoxy) is 1. The van der Waals surface area contributed by atoms with Crippen molar-refractivity contribution in [1.82, 2.24) is 9.55 Å². The first-order valence-corrected chi connectivity index (χ1v) is 7.90. The van der Waals surface area contributed by atoms with Crippen LogP contribution in [0.5, 0.6) is 0 Å². The molecule has 0 aromatic carbocycles. The number of hydrogen-bond donors (Lipinski definition) is 1. The van der Waals surface area contributed by atoms with Gasteiger partial charge in [0, 0.05) is 18.7 Å². The van der Waals surface area contributed by atoms with Crippen molar-refractivity contribution in [3.05, 3.63) is 34.2 Å². The summed E-state index contributed by atoms with van der Waals surface area (Å²) in [5.74, 6) is -1.03. The number of nitrogens with one attached hydrogen (secondary N) is 1. The van der Waals surface area contributed by atoms with E-state index < -0.39 is 11.4 Å². The Morgan fingerprint density at radius 2 is 2.04 bits per heavy atom. The maximum absolute atomic E-state index is 12.6. The maximum Gasteiger partial charge on any atom is 0.343 e. The molecule has 0 aliphatic rings. The van der Waals surface area contributed by atoms with Crippen LogP contribution >= 0.6 is 0 Å². The highest BCUT2D eigenvalue weighted by atomic mass is 16.5. The van der Waals surface area contributed by atoms with Crippen molar-refractivity contribution in [2.24, 2.45) is 5.92 Å². The van der Waals surface area contributed by atoms with Gasteiger partial charge in [-0.3, -0.25) is 9.59 Å². The van der Waals surface area contributed by atoms with Crippen molar-refractivity contribution in [3.8, 4) is 0 Å². The van der Waals surface area contributed by atoms with Crippen molar-refractivity contribution in [3.63, 3.8) is 0 Å². The zero-order chi connectivity index (χ0) is 17.9. The largest absolute Gasteiger partial charge is 0.462 e. The third kappa shape index (κ3) is 3.45. The molecule has 0 aliphatic heterocycles. The Labute approximate surface area is 139 Å². The predicted octanol–water partition coefficient (Wildman–Crippen LogP) is 2.19. The molecule has 1 N–H and O–H groups in total. The molecular weight excluding hydrogens is 310 g/mol. The summed E-state index contributed by atoms with van der Waals surface area (Å²) in [4.78, 5) is 40.7. The second kappa shape index (κ2) is 7.25. The van der Waals surface area contributed by atoms with Gasteiger partial charge < -0.3 is 14.6 Å². The molecule has 2 aromatic rings. The van der Waals surface area contributed by atoms with E-state index in [1.165, 1.54) is 12.4 Å². The smallest absolute Gasteiger partial charge is 0.343 e. The highest BCUT2D eigenvalue weighted by Gasteiger charge is 2.17. The van der Waals surface area contributed by atoms with Crippen LogP contribution in [-0.2, 0) is 16.1 Å². The fourth-order valence-electron chi connectivity index (χ4n) is 2.22. The second-order valence-corrected chi connectivity index (χ2v) is 5.62. The van der Waals surface area contributed by atoms with E-state index in [1.807, 2.05) is 6.92 Å². The quantitative estimate of drug-likeness (QED) is 0.848. The SMILES string of the molecule is CCOC(=O)c1cn(CC)c2ncc(NC(=O)C(C)C)cc2c1=O. The highest BCUT2D eigenvalue weighted by Crippen LogP contribution is 2.16. The van der Waals surface area contributed by atoms with E-state index >= 15 is 0 Å². The molecule has 24 heavy (non-hydrogen) atoms. The van der Waals surface area contributed by atoms with Crippen LogP contribution in [0.1, 0.15) is 38.1 Å². The second-order valence-electron chi connectivity index (χ2n) is 5.62. The van der Waals surface area contributed by atoms with Crippen molar-refractivity contribution in [2.75, 3.05) is 11.9 Å². The van der Waals surface area contributed by atoms with Gasteiger partial charge >= 0.3 is 5.97 Å². The molecule has 0 fully saturated rings. The van der Waals surface area contributed by atoms with Crippen LogP contribution in [0.3, 0.4) is 0 Å². The maximum atomic E-state index is 12.6. The number of anilines is 1. The Kier molecular flexibility index (Phi) is 5.33. The van der Waals surface area contributed by atoms with Gasteiger partial charge in [-0.05, 0) is 19.9 Å². The summed E-state index contributed by atoms with van der Waals surface area (Å²) in [5, 5.41) is 2.97. The summed E-state index contributed by atoms with van der Waals surface area (Å²) in [6.07, 6.45) is 2.96. The van der Waals surface area contributed by atoms with Crippen molar-refractivity contribution in [1.29, 1.82) is 0 Å². The number of fused-ring (bicyclic) bond motifs is 1. The number of hydrogen-bond acceptors (Lipinski definition) is 5. The first kappa shape index (κ1) is 17.7. The molecule has 128 valence electrons. The van der Waals surface area contributed by atoms with Gasteiger partial charge in [0.15, 0.2) is 0 Å². The summed E-state index contributed by atoms with van der Waals surface area (Å²) in [7, 11) is 0. The molecule has 2 rings (SSSR count). The molecule has 2 heterocycles. The normalized spacial score (nSPS) is 10.9. The van der Waals surface area contributed by atoms with Gasteiger partial charge in [0.05, 0.1) is 23.9 Å². The van der Waals surface area contributed by atoms with E-state index in [0.29, 0.717) is 17.9 Å². The summed E-state index contributed by atoms with van der Waals surface area (Å²) in [5.41, 5.74) is 0.377. The van der Waals surface area contributed by atoms with Gasteiger partial charge in [-0.25, -0.2) is 9.78 Å². The molecule has 0 saturated carbocycles. The summed E-state index contributed by atoms with van der Waals surface area (Å²) < 4.78 is 6.65. The van der Waals surface area contributed by atoms with E-state index in [4.69, 9.17) is 4.74 Å². The summed E-state index contributed by atoms with van der Waals surface area (Å²) in [6, 6.07) is 1.54. The van der Waals surface area contributed by atoms with Gasteiger partial charge in [0.25, 0.3) is 0 Å². The lowest BCUT2D eigenvalue weighted by Crippen LogP contribution is -2.22. The molecule has 0 atom stereocenters. The molecule has 1 amide bonds. The van der Waals surface area contributed by atoms with Gasteiger partial charge in [0.2, 0.25) is 11.3 Å². The number of aryl methyl sites for hydroxylation is 1. The number of carbonyl (C=O) groups excluding carboxylic acids is 2. The van der Waals surface area contributed by atoms with E-state index in [-0.39, 0.29) is 29.4 Å². The Bertz CT molecular complexity index is 840. The Morgan fingerprint density at radius 3 is 2.62 bits per heavy atom. The highest BCUT2D eigenvalue weighted by molar-refractivity contribution is 5.96. The fraction of sp³-hybridized carbons (Fsp3) is 0.412. The molecule has 2 aromatic heterocycles. The van der Waals surface area contributed by atoms with Crippen LogP contribution in [0.25, 0.3) is 11.0 Å². The Balaban J connectivity index is 2.60. The molecule has 0 unspecified atom stereocenters. The van der Waals surface area contributed by atoms with Crippen molar-refractivity contribution < 1.29 is 14.3 Å². The van der Waals surface area contributed by atoms with Gasteiger partial charge in [-0.1, -0.05) is 13.8 Å². The molecule has 7 nitrogen and oxygen atoms in total. The lowest BCUT2D eigenvalue weighted by Gasteiger charge is -2.12. The zero-order valence-corrected chi connectivity index (χ0v) is 14.3. The number of rotatable bonds is 5. The van der Waals surface area contributed by atoms with Crippen LogP contribution in [0.2, 0.25) is 0 Å². The van der Waals surface area contributed by atoms with E-state index in [1.54, 1.807) is 31.4 Å². The zero-order valence-electron chi connectivity index (χ0n) is 14.3. The molecule has 0 radical (unpaired) electrons. The summed E-state index contributed by atoms with van der Waals surface area (Å²) >= 11 is 0. The van der Waals surface area contributed by atoms with Crippen LogP contribution < -0.4 is 10.7 Å². The Morgan fingerprint density at radius 1 is 1.33 bits per heavy atom. The number of pyridine rings is 2. The van der Waals surface area contributed by atoms with Gasteiger partial charge in [-0.15, -0.1) is 0 Å². The first-order valence-electron chi connectivity index (χ1n) is 7.90. The lowest BCUT2D eigenvalue weighted by atomic mass is 10.1. The molecule has 7 heteroatoms. The van der Waals surface area contributed by atoms with Crippen LogP contribution in [0, 0.1) is 5.92 Å². The van der Waals surface area contributed by atoms with Gasteiger partial charge in [-0.2, -0.15) is 0 Å².